The predicted octanol–water partition coefficient (Wildman–Crippen LogP) is 6.93. The number of rotatable bonds is 8. The number of ether oxygens (including phenoxy) is 1. The van der Waals surface area contributed by atoms with Crippen LogP contribution in [0.1, 0.15) is 83.2 Å². The summed E-state index contributed by atoms with van der Waals surface area (Å²) in [5, 5.41) is 13.1. The van der Waals surface area contributed by atoms with Crippen LogP contribution in [0.5, 0.6) is 0 Å². The molecule has 3 aromatic rings. The second-order valence-electron chi connectivity index (χ2n) is 9.48. The van der Waals surface area contributed by atoms with Crippen molar-refractivity contribution in [1.82, 2.24) is 5.32 Å². The first-order valence-corrected chi connectivity index (χ1v) is 12.1. The zero-order valence-electron chi connectivity index (χ0n) is 20.8. The van der Waals surface area contributed by atoms with E-state index in [9.17, 15) is 19.5 Å². The van der Waals surface area contributed by atoms with Gasteiger partial charge in [0.1, 0.15) is 5.60 Å². The molecular weight excluding hydrogens is 478 g/mol. The molecule has 188 valence electrons. The van der Waals surface area contributed by atoms with E-state index in [0.717, 1.165) is 18.4 Å². The number of aromatic carboxylic acids is 1. The maximum absolute atomic E-state index is 13.3. The molecule has 0 aliphatic carbocycles. The van der Waals surface area contributed by atoms with E-state index >= 15 is 0 Å². The average molecular weight is 508 g/mol. The molecule has 36 heavy (non-hydrogen) atoms. The third-order valence-corrected chi connectivity index (χ3v) is 5.72. The summed E-state index contributed by atoms with van der Waals surface area (Å²) in [6.45, 7) is 7.25. The van der Waals surface area contributed by atoms with Crippen LogP contribution in [0, 0.1) is 0 Å². The van der Waals surface area contributed by atoms with Gasteiger partial charge in [-0.15, -0.1) is 0 Å². The van der Waals surface area contributed by atoms with Gasteiger partial charge in [0, 0.05) is 10.6 Å². The zero-order valence-corrected chi connectivity index (χ0v) is 21.6. The van der Waals surface area contributed by atoms with E-state index in [0.29, 0.717) is 10.6 Å². The van der Waals surface area contributed by atoms with Gasteiger partial charge in [0.15, 0.2) is 0 Å². The van der Waals surface area contributed by atoms with Crippen molar-refractivity contribution >= 4 is 29.4 Å². The summed E-state index contributed by atoms with van der Waals surface area (Å²) in [6.07, 6.45) is 1.62. The molecule has 0 saturated carbocycles. The molecule has 1 amide bonds. The SMILES string of the molecule is CCC[C@@H](NC(=O)c1ccc(-c2cc(Cl)ccc2C(=O)O)c(C(=O)OC(C)(C)C)c1)c1ccccc1. The van der Waals surface area contributed by atoms with Crippen LogP contribution in [0.15, 0.2) is 66.7 Å². The van der Waals surface area contributed by atoms with Gasteiger partial charge in [-0.1, -0.05) is 61.3 Å². The Balaban J connectivity index is 2.07. The van der Waals surface area contributed by atoms with E-state index in [1.54, 1.807) is 32.9 Å². The van der Waals surface area contributed by atoms with E-state index in [1.807, 2.05) is 37.3 Å². The molecule has 0 unspecified atom stereocenters. The minimum Gasteiger partial charge on any atom is -0.478 e. The molecule has 7 heteroatoms. The standard InChI is InChI=1S/C29H30ClNO5/c1-5-9-25(18-10-7-6-8-11-18)31-26(32)19-12-14-21(24(16-19)28(35)36-29(2,3)4)23-17-20(30)13-15-22(23)27(33)34/h6-8,10-17,25H,5,9H2,1-4H3,(H,31,32)(H,33,34)/t25-/m1/s1. The number of esters is 1. The zero-order chi connectivity index (χ0) is 26.5. The Kier molecular flexibility index (Phi) is 8.53. The number of carbonyl (C=O) groups is 3. The van der Waals surface area contributed by atoms with Crippen molar-refractivity contribution in [3.8, 4) is 11.1 Å². The summed E-state index contributed by atoms with van der Waals surface area (Å²) in [7, 11) is 0. The van der Waals surface area contributed by atoms with E-state index in [1.165, 1.54) is 24.3 Å². The number of nitrogens with one attached hydrogen (secondary N) is 1. The highest BCUT2D eigenvalue weighted by molar-refractivity contribution is 6.31. The molecule has 0 spiro atoms. The molecule has 6 nitrogen and oxygen atoms in total. The van der Waals surface area contributed by atoms with Crippen molar-refractivity contribution < 1.29 is 24.2 Å². The summed E-state index contributed by atoms with van der Waals surface area (Å²) < 4.78 is 5.59. The number of hydrogen-bond acceptors (Lipinski definition) is 4. The number of amides is 1. The molecule has 0 aromatic heterocycles. The van der Waals surface area contributed by atoms with Gasteiger partial charge in [-0.05, 0) is 74.2 Å². The van der Waals surface area contributed by atoms with Gasteiger partial charge >= 0.3 is 11.9 Å². The lowest BCUT2D eigenvalue weighted by atomic mass is 9.93. The fourth-order valence-corrected chi connectivity index (χ4v) is 4.06. The highest BCUT2D eigenvalue weighted by Crippen LogP contribution is 2.32. The Morgan fingerprint density at radius 3 is 2.25 bits per heavy atom. The van der Waals surface area contributed by atoms with Crippen LogP contribution in [0.4, 0.5) is 0 Å². The van der Waals surface area contributed by atoms with E-state index < -0.39 is 17.5 Å². The van der Waals surface area contributed by atoms with Crippen LogP contribution in [0.25, 0.3) is 11.1 Å². The molecule has 0 radical (unpaired) electrons. The quantitative estimate of drug-likeness (QED) is 0.322. The van der Waals surface area contributed by atoms with Gasteiger partial charge in [0.2, 0.25) is 0 Å². The first-order valence-electron chi connectivity index (χ1n) is 11.8. The van der Waals surface area contributed by atoms with Gasteiger partial charge in [0.05, 0.1) is 17.2 Å². The fraction of sp³-hybridized carbons (Fsp3) is 0.276. The van der Waals surface area contributed by atoms with Gasteiger partial charge in [-0.2, -0.15) is 0 Å². The van der Waals surface area contributed by atoms with Crippen molar-refractivity contribution in [2.75, 3.05) is 0 Å². The van der Waals surface area contributed by atoms with Crippen LogP contribution in [-0.2, 0) is 4.74 Å². The highest BCUT2D eigenvalue weighted by atomic mass is 35.5. The number of carboxylic acids is 1. The van der Waals surface area contributed by atoms with Gasteiger partial charge in [-0.3, -0.25) is 4.79 Å². The summed E-state index contributed by atoms with van der Waals surface area (Å²) in [5.74, 6) is -2.18. The Morgan fingerprint density at radius 2 is 1.64 bits per heavy atom. The van der Waals surface area contributed by atoms with E-state index in [-0.39, 0.29) is 34.2 Å². The highest BCUT2D eigenvalue weighted by Gasteiger charge is 2.25. The average Bonchev–Trinajstić information content (AvgIpc) is 2.82. The smallest absolute Gasteiger partial charge is 0.339 e. The summed E-state index contributed by atoms with van der Waals surface area (Å²) in [6, 6.07) is 18.4. The molecule has 0 heterocycles. The monoisotopic (exact) mass is 507 g/mol. The van der Waals surface area contributed by atoms with Crippen LogP contribution in [0.3, 0.4) is 0 Å². The third-order valence-electron chi connectivity index (χ3n) is 5.49. The van der Waals surface area contributed by atoms with Crippen LogP contribution in [0.2, 0.25) is 5.02 Å². The predicted molar refractivity (Wildman–Crippen MR) is 141 cm³/mol. The first kappa shape index (κ1) is 27.0. The van der Waals surface area contributed by atoms with Gasteiger partial charge < -0.3 is 15.2 Å². The molecule has 2 N–H and O–H groups in total. The minimum absolute atomic E-state index is 0.0199. The molecule has 0 aliphatic rings. The third kappa shape index (κ3) is 6.73. The van der Waals surface area contributed by atoms with Gasteiger partial charge in [-0.25, -0.2) is 9.59 Å². The number of benzene rings is 3. The second-order valence-corrected chi connectivity index (χ2v) is 9.92. The summed E-state index contributed by atoms with van der Waals surface area (Å²) in [4.78, 5) is 38.4. The fourth-order valence-electron chi connectivity index (χ4n) is 3.89. The van der Waals surface area contributed by atoms with Crippen molar-refractivity contribution in [3.05, 3.63) is 94.0 Å². The first-order chi connectivity index (χ1) is 17.0. The molecule has 0 fully saturated rings. The maximum atomic E-state index is 13.3. The Morgan fingerprint density at radius 1 is 0.944 bits per heavy atom. The lowest BCUT2D eigenvalue weighted by Crippen LogP contribution is -2.29. The summed E-state index contributed by atoms with van der Waals surface area (Å²) in [5.41, 5.74) is 1.08. The molecule has 0 bridgehead atoms. The topological polar surface area (TPSA) is 92.7 Å². The molecular formula is C29H30ClNO5. The van der Waals surface area contributed by atoms with E-state index in [2.05, 4.69) is 5.32 Å². The number of carboxylic acid groups (broad SMARTS) is 1. The lowest BCUT2D eigenvalue weighted by Gasteiger charge is -2.22. The van der Waals surface area contributed by atoms with E-state index in [4.69, 9.17) is 16.3 Å². The summed E-state index contributed by atoms with van der Waals surface area (Å²) >= 11 is 6.16. The van der Waals surface area contributed by atoms with Crippen molar-refractivity contribution in [1.29, 1.82) is 0 Å². The van der Waals surface area contributed by atoms with Crippen molar-refractivity contribution in [3.63, 3.8) is 0 Å². The molecule has 3 rings (SSSR count). The Hall–Kier alpha value is -3.64. The normalized spacial score (nSPS) is 12.0. The lowest BCUT2D eigenvalue weighted by molar-refractivity contribution is 0.00701. The second kappa shape index (κ2) is 11.4. The molecule has 0 aliphatic heterocycles. The largest absolute Gasteiger partial charge is 0.478 e. The Bertz CT molecular complexity index is 1260. The molecule has 0 saturated heterocycles. The van der Waals surface area contributed by atoms with Crippen molar-refractivity contribution in [2.24, 2.45) is 0 Å². The van der Waals surface area contributed by atoms with Crippen LogP contribution >= 0.6 is 11.6 Å². The number of carbonyl (C=O) groups excluding carboxylic acids is 2. The minimum atomic E-state index is -1.16. The van der Waals surface area contributed by atoms with Crippen LogP contribution in [-0.4, -0.2) is 28.6 Å². The number of hydrogen-bond donors (Lipinski definition) is 2. The van der Waals surface area contributed by atoms with Gasteiger partial charge in [0.25, 0.3) is 5.91 Å². The maximum Gasteiger partial charge on any atom is 0.339 e. The van der Waals surface area contributed by atoms with Crippen molar-refractivity contribution in [2.45, 2.75) is 52.2 Å². The Labute approximate surface area is 216 Å². The van der Waals surface area contributed by atoms with Crippen LogP contribution < -0.4 is 5.32 Å². The molecule has 3 aromatic carbocycles. The number of halogens is 1. The molecule has 1 atom stereocenters.